The molecule has 3 rings (SSSR count). The van der Waals surface area contributed by atoms with Crippen LogP contribution in [0.4, 0.5) is 11.4 Å². The molecule has 114 valence electrons. The van der Waals surface area contributed by atoms with Gasteiger partial charge >= 0.3 is 0 Å². The van der Waals surface area contributed by atoms with Crippen molar-refractivity contribution in [3.63, 3.8) is 0 Å². The lowest BCUT2D eigenvalue weighted by atomic mass is 9.90. The van der Waals surface area contributed by atoms with Gasteiger partial charge in [-0.25, -0.2) is 0 Å². The Bertz CT molecular complexity index is 536. The van der Waals surface area contributed by atoms with Gasteiger partial charge in [0.15, 0.2) is 5.79 Å². The predicted molar refractivity (Wildman–Crippen MR) is 81.3 cm³/mol. The molecule has 1 aliphatic carbocycles. The molecule has 1 aromatic carbocycles. The van der Waals surface area contributed by atoms with Crippen LogP contribution in [0, 0.1) is 10.1 Å². The fourth-order valence-corrected chi connectivity index (χ4v) is 3.36. The van der Waals surface area contributed by atoms with E-state index in [2.05, 4.69) is 21.2 Å². The minimum Gasteiger partial charge on any atom is -0.382 e. The van der Waals surface area contributed by atoms with Crippen molar-refractivity contribution in [2.75, 3.05) is 18.5 Å². The van der Waals surface area contributed by atoms with Crippen molar-refractivity contribution in [2.45, 2.75) is 37.5 Å². The van der Waals surface area contributed by atoms with Gasteiger partial charge in [0.05, 0.1) is 22.6 Å². The topological polar surface area (TPSA) is 73.6 Å². The molecule has 1 aromatic rings. The van der Waals surface area contributed by atoms with Crippen LogP contribution in [0.25, 0.3) is 0 Å². The molecule has 0 aromatic heterocycles. The molecule has 1 spiro atoms. The quantitative estimate of drug-likeness (QED) is 0.663. The van der Waals surface area contributed by atoms with Crippen LogP contribution < -0.4 is 5.32 Å². The van der Waals surface area contributed by atoms with Gasteiger partial charge in [-0.3, -0.25) is 10.1 Å². The molecule has 0 atom stereocenters. The summed E-state index contributed by atoms with van der Waals surface area (Å²) in [5.41, 5.74) is 0.855. The number of nitro groups is 1. The van der Waals surface area contributed by atoms with Crippen molar-refractivity contribution in [2.24, 2.45) is 0 Å². The highest BCUT2D eigenvalue weighted by Crippen LogP contribution is 2.37. The summed E-state index contributed by atoms with van der Waals surface area (Å²) in [6.45, 7) is 1.36. The van der Waals surface area contributed by atoms with Crippen LogP contribution in [0.1, 0.15) is 25.7 Å². The van der Waals surface area contributed by atoms with Gasteiger partial charge in [0, 0.05) is 30.6 Å². The van der Waals surface area contributed by atoms with Gasteiger partial charge in [0.2, 0.25) is 0 Å². The molecule has 2 aliphatic rings. The summed E-state index contributed by atoms with van der Waals surface area (Å²) >= 11 is 3.19. The Hall–Kier alpha value is -1.18. The molecule has 1 heterocycles. The van der Waals surface area contributed by atoms with E-state index in [4.69, 9.17) is 9.47 Å². The molecule has 0 bridgehead atoms. The first kappa shape index (κ1) is 14.7. The van der Waals surface area contributed by atoms with Crippen LogP contribution >= 0.6 is 15.9 Å². The van der Waals surface area contributed by atoms with E-state index in [-0.39, 0.29) is 16.4 Å². The van der Waals surface area contributed by atoms with Gasteiger partial charge in [0.1, 0.15) is 0 Å². The van der Waals surface area contributed by atoms with E-state index in [1.54, 1.807) is 12.1 Å². The monoisotopic (exact) mass is 356 g/mol. The molecule has 7 heteroatoms. The Morgan fingerprint density at radius 3 is 2.57 bits per heavy atom. The highest BCUT2D eigenvalue weighted by atomic mass is 79.9. The number of rotatable bonds is 3. The Morgan fingerprint density at radius 1 is 1.29 bits per heavy atom. The number of hydrogen-bond acceptors (Lipinski definition) is 5. The summed E-state index contributed by atoms with van der Waals surface area (Å²) < 4.78 is 11.9. The third kappa shape index (κ3) is 3.20. The molecule has 1 N–H and O–H groups in total. The van der Waals surface area contributed by atoms with E-state index in [9.17, 15) is 10.1 Å². The van der Waals surface area contributed by atoms with Crippen molar-refractivity contribution >= 4 is 27.3 Å². The molecule has 0 unspecified atom stereocenters. The molecule has 0 amide bonds. The number of ether oxygens (including phenoxy) is 2. The van der Waals surface area contributed by atoms with Crippen LogP contribution in [-0.2, 0) is 9.47 Å². The molecule has 2 fully saturated rings. The highest BCUT2D eigenvalue weighted by Gasteiger charge is 2.40. The van der Waals surface area contributed by atoms with Crippen LogP contribution in [-0.4, -0.2) is 30.0 Å². The highest BCUT2D eigenvalue weighted by molar-refractivity contribution is 9.10. The number of benzene rings is 1. The van der Waals surface area contributed by atoms with Crippen molar-refractivity contribution in [3.8, 4) is 0 Å². The zero-order valence-electron chi connectivity index (χ0n) is 11.5. The maximum atomic E-state index is 11.0. The molecule has 1 aliphatic heterocycles. The first-order valence-electron chi connectivity index (χ1n) is 7.06. The maximum absolute atomic E-state index is 11.0. The number of nitro benzene ring substituents is 1. The van der Waals surface area contributed by atoms with Gasteiger partial charge in [-0.1, -0.05) is 0 Å². The first-order chi connectivity index (χ1) is 10.1. The number of hydrogen-bond donors (Lipinski definition) is 1. The molecular weight excluding hydrogens is 340 g/mol. The molecule has 21 heavy (non-hydrogen) atoms. The second-order valence-corrected chi connectivity index (χ2v) is 6.30. The molecule has 1 saturated heterocycles. The third-order valence-electron chi connectivity index (χ3n) is 4.07. The zero-order chi connectivity index (χ0) is 14.9. The van der Waals surface area contributed by atoms with E-state index in [1.807, 2.05) is 6.07 Å². The summed E-state index contributed by atoms with van der Waals surface area (Å²) in [6.07, 6.45) is 3.60. The Balaban J connectivity index is 1.63. The minimum atomic E-state index is -0.384. The molecule has 1 saturated carbocycles. The van der Waals surface area contributed by atoms with Gasteiger partial charge in [0.25, 0.3) is 5.69 Å². The normalized spacial score (nSPS) is 21.6. The van der Waals surface area contributed by atoms with E-state index in [0.29, 0.717) is 23.7 Å². The van der Waals surface area contributed by atoms with E-state index >= 15 is 0 Å². The van der Waals surface area contributed by atoms with Gasteiger partial charge in [-0.05, 0) is 40.9 Å². The summed E-state index contributed by atoms with van der Waals surface area (Å²) in [4.78, 5) is 10.6. The van der Waals surface area contributed by atoms with Crippen LogP contribution in [0.3, 0.4) is 0 Å². The van der Waals surface area contributed by atoms with Crippen LogP contribution in [0.5, 0.6) is 0 Å². The van der Waals surface area contributed by atoms with Crippen molar-refractivity contribution in [3.05, 3.63) is 32.8 Å². The number of halogens is 1. The van der Waals surface area contributed by atoms with Crippen molar-refractivity contribution in [1.82, 2.24) is 0 Å². The molecule has 0 radical (unpaired) electrons. The predicted octanol–water partition coefficient (Wildman–Crippen LogP) is 3.45. The molecular formula is C14H17BrN2O4. The first-order valence-corrected chi connectivity index (χ1v) is 7.86. The summed E-state index contributed by atoms with van der Waals surface area (Å²) in [5.74, 6) is -0.371. The smallest absolute Gasteiger partial charge is 0.285 e. The van der Waals surface area contributed by atoms with Crippen molar-refractivity contribution < 1.29 is 14.4 Å². The summed E-state index contributed by atoms with van der Waals surface area (Å²) in [7, 11) is 0. The number of anilines is 1. The van der Waals surface area contributed by atoms with Crippen LogP contribution in [0.15, 0.2) is 22.7 Å². The number of nitrogens with zero attached hydrogens (tertiary/aromatic N) is 1. The lowest BCUT2D eigenvalue weighted by Gasteiger charge is -2.35. The maximum Gasteiger partial charge on any atom is 0.285 e. The number of nitrogens with one attached hydrogen (secondary N) is 1. The molecule has 6 nitrogen and oxygen atoms in total. The Labute approximate surface area is 131 Å². The van der Waals surface area contributed by atoms with Crippen molar-refractivity contribution in [1.29, 1.82) is 0 Å². The minimum absolute atomic E-state index is 0.0785. The largest absolute Gasteiger partial charge is 0.382 e. The lowest BCUT2D eigenvalue weighted by Crippen LogP contribution is -2.39. The Morgan fingerprint density at radius 2 is 1.95 bits per heavy atom. The van der Waals surface area contributed by atoms with Crippen LogP contribution in [0.2, 0.25) is 0 Å². The standard InChI is InChI=1S/C14H17BrN2O4/c15-12-2-1-11(9-13(12)17(18)19)16-10-3-5-14(6-4-10)20-7-8-21-14/h1-2,9-10,16H,3-8H2. The van der Waals surface area contributed by atoms with Gasteiger partial charge in [-0.2, -0.15) is 0 Å². The summed E-state index contributed by atoms with van der Waals surface area (Å²) in [6, 6.07) is 5.42. The summed E-state index contributed by atoms with van der Waals surface area (Å²) in [5, 5.41) is 14.3. The van der Waals surface area contributed by atoms with E-state index in [1.165, 1.54) is 0 Å². The SMILES string of the molecule is O=[N+]([O-])c1cc(NC2CCC3(CC2)OCCO3)ccc1Br. The average molecular weight is 357 g/mol. The fourth-order valence-electron chi connectivity index (χ4n) is 2.97. The van der Waals surface area contributed by atoms with Gasteiger partial charge < -0.3 is 14.8 Å². The average Bonchev–Trinajstić information content (AvgIpc) is 2.92. The fraction of sp³-hybridized carbons (Fsp3) is 0.571. The lowest BCUT2D eigenvalue weighted by molar-refractivity contribution is -0.385. The van der Waals surface area contributed by atoms with E-state index in [0.717, 1.165) is 31.4 Å². The second-order valence-electron chi connectivity index (χ2n) is 5.45. The third-order valence-corrected chi connectivity index (χ3v) is 4.75. The Kier molecular flexibility index (Phi) is 4.14. The van der Waals surface area contributed by atoms with Gasteiger partial charge in [-0.15, -0.1) is 0 Å². The second kappa shape index (κ2) is 5.90. The zero-order valence-corrected chi connectivity index (χ0v) is 13.1. The van der Waals surface area contributed by atoms with E-state index < -0.39 is 0 Å².